The molecule has 1 unspecified atom stereocenters. The summed E-state index contributed by atoms with van der Waals surface area (Å²) in [6.07, 6.45) is 6.19. The van der Waals surface area contributed by atoms with E-state index < -0.39 is 0 Å². The fourth-order valence-corrected chi connectivity index (χ4v) is 2.45. The number of phenols is 1. The van der Waals surface area contributed by atoms with Crippen molar-refractivity contribution in [3.63, 3.8) is 0 Å². The van der Waals surface area contributed by atoms with Gasteiger partial charge in [0.1, 0.15) is 5.75 Å². The van der Waals surface area contributed by atoms with Crippen molar-refractivity contribution in [2.45, 2.75) is 45.1 Å². The molecule has 1 aromatic rings. The zero-order valence-electron chi connectivity index (χ0n) is 11.2. The number of aryl methyl sites for hydroxylation is 1. The molecule has 0 radical (unpaired) electrons. The monoisotopic (exact) mass is 248 g/mol. The van der Waals surface area contributed by atoms with E-state index in [1.165, 1.54) is 37.9 Å². The minimum Gasteiger partial charge on any atom is -0.508 e. The summed E-state index contributed by atoms with van der Waals surface area (Å²) in [7, 11) is 0. The number of nitrogens with one attached hydrogen (secondary N) is 1. The van der Waals surface area contributed by atoms with Crippen LogP contribution in [0.15, 0.2) is 24.3 Å². The lowest BCUT2D eigenvalue weighted by atomic mass is 10.1. The molecule has 100 valence electrons. The minimum atomic E-state index is 0.346. The van der Waals surface area contributed by atoms with E-state index >= 15 is 0 Å². The first kappa shape index (κ1) is 13.4. The van der Waals surface area contributed by atoms with E-state index in [4.69, 9.17) is 0 Å². The second kappa shape index (κ2) is 6.76. The molecule has 0 aliphatic carbocycles. The van der Waals surface area contributed by atoms with Crippen LogP contribution in [-0.2, 0) is 6.42 Å². The lowest BCUT2D eigenvalue weighted by molar-refractivity contribution is 0.130. The van der Waals surface area contributed by atoms with Gasteiger partial charge in [-0.2, -0.15) is 0 Å². The Bertz CT molecular complexity index is 344. The van der Waals surface area contributed by atoms with Crippen molar-refractivity contribution in [1.82, 2.24) is 10.4 Å². The summed E-state index contributed by atoms with van der Waals surface area (Å²) in [6, 6.07) is 8.04. The summed E-state index contributed by atoms with van der Waals surface area (Å²) in [5.74, 6) is 0.346. The molecule has 1 fully saturated rings. The predicted molar refractivity (Wildman–Crippen MR) is 74.4 cm³/mol. The van der Waals surface area contributed by atoms with Crippen molar-refractivity contribution in [2.24, 2.45) is 0 Å². The number of phenolic OH excluding ortho intramolecular Hbond substituents is 1. The zero-order valence-corrected chi connectivity index (χ0v) is 11.2. The van der Waals surface area contributed by atoms with Crippen molar-refractivity contribution in [2.75, 3.05) is 13.1 Å². The maximum absolute atomic E-state index is 9.23. The van der Waals surface area contributed by atoms with Gasteiger partial charge >= 0.3 is 0 Å². The van der Waals surface area contributed by atoms with Gasteiger partial charge in [-0.15, -0.1) is 0 Å². The Kier molecular flexibility index (Phi) is 5.02. The van der Waals surface area contributed by atoms with E-state index in [0.29, 0.717) is 11.8 Å². The highest BCUT2D eigenvalue weighted by Gasteiger charge is 2.12. The van der Waals surface area contributed by atoms with Crippen LogP contribution in [0.4, 0.5) is 0 Å². The lowest BCUT2D eigenvalue weighted by Crippen LogP contribution is -2.46. The van der Waals surface area contributed by atoms with E-state index in [9.17, 15) is 5.11 Å². The van der Waals surface area contributed by atoms with Crippen LogP contribution >= 0.6 is 0 Å². The molecular weight excluding hydrogens is 224 g/mol. The summed E-state index contributed by atoms with van der Waals surface area (Å²) >= 11 is 0. The highest BCUT2D eigenvalue weighted by molar-refractivity contribution is 5.25. The number of aromatic hydroxyl groups is 1. The van der Waals surface area contributed by atoms with E-state index in [0.717, 1.165) is 12.8 Å². The molecule has 2 rings (SSSR count). The molecule has 0 saturated carbocycles. The smallest absolute Gasteiger partial charge is 0.115 e. The Morgan fingerprint density at radius 3 is 2.50 bits per heavy atom. The molecule has 0 bridgehead atoms. The Hall–Kier alpha value is -1.06. The maximum atomic E-state index is 9.23. The van der Waals surface area contributed by atoms with Gasteiger partial charge in [-0.3, -0.25) is 5.43 Å². The number of hydrogen-bond acceptors (Lipinski definition) is 3. The minimum absolute atomic E-state index is 0.346. The molecule has 0 spiro atoms. The molecule has 3 nitrogen and oxygen atoms in total. The van der Waals surface area contributed by atoms with Gasteiger partial charge < -0.3 is 5.11 Å². The van der Waals surface area contributed by atoms with Crippen molar-refractivity contribution in [1.29, 1.82) is 0 Å². The second-order valence-corrected chi connectivity index (χ2v) is 5.28. The highest BCUT2D eigenvalue weighted by Crippen LogP contribution is 2.12. The molecule has 1 aliphatic heterocycles. The average Bonchev–Trinajstić information content (AvgIpc) is 2.39. The fourth-order valence-electron chi connectivity index (χ4n) is 2.45. The molecule has 1 aromatic carbocycles. The van der Waals surface area contributed by atoms with Crippen LogP contribution in [0.2, 0.25) is 0 Å². The number of piperidine rings is 1. The quantitative estimate of drug-likeness (QED) is 0.841. The number of rotatable bonds is 5. The van der Waals surface area contributed by atoms with Crippen molar-refractivity contribution >= 4 is 0 Å². The van der Waals surface area contributed by atoms with Gasteiger partial charge in [-0.05, 0) is 50.3 Å². The van der Waals surface area contributed by atoms with Gasteiger partial charge in [-0.1, -0.05) is 18.6 Å². The standard InChI is InChI=1S/C15H24N2O/c1-13(16-17-11-3-2-4-12-17)5-6-14-7-9-15(18)10-8-14/h7-10,13,16,18H,2-6,11-12H2,1H3. The number of benzene rings is 1. The Balaban J connectivity index is 1.70. The largest absolute Gasteiger partial charge is 0.508 e. The first-order valence-corrected chi connectivity index (χ1v) is 7.03. The third-order valence-corrected chi connectivity index (χ3v) is 3.56. The summed E-state index contributed by atoms with van der Waals surface area (Å²) in [4.78, 5) is 0. The summed E-state index contributed by atoms with van der Waals surface area (Å²) in [5, 5.41) is 11.6. The Morgan fingerprint density at radius 1 is 1.17 bits per heavy atom. The first-order valence-electron chi connectivity index (χ1n) is 7.03. The highest BCUT2D eigenvalue weighted by atomic mass is 16.3. The average molecular weight is 248 g/mol. The fraction of sp³-hybridized carbons (Fsp3) is 0.600. The summed E-state index contributed by atoms with van der Waals surface area (Å²) < 4.78 is 0. The van der Waals surface area contributed by atoms with Crippen molar-refractivity contribution < 1.29 is 5.11 Å². The van der Waals surface area contributed by atoms with Crippen LogP contribution in [0, 0.1) is 0 Å². The van der Waals surface area contributed by atoms with Gasteiger partial charge in [0, 0.05) is 19.1 Å². The third kappa shape index (κ3) is 4.31. The molecule has 0 aromatic heterocycles. The van der Waals surface area contributed by atoms with E-state index in [2.05, 4.69) is 17.4 Å². The molecule has 1 saturated heterocycles. The van der Waals surface area contributed by atoms with E-state index in [-0.39, 0.29) is 0 Å². The van der Waals surface area contributed by atoms with E-state index in [1.54, 1.807) is 12.1 Å². The Labute approximate surface area is 110 Å². The Morgan fingerprint density at radius 2 is 1.83 bits per heavy atom. The molecule has 0 amide bonds. The van der Waals surface area contributed by atoms with Crippen molar-refractivity contribution in [3.8, 4) is 5.75 Å². The van der Waals surface area contributed by atoms with Crippen LogP contribution in [-0.4, -0.2) is 29.2 Å². The lowest BCUT2D eigenvalue weighted by Gasteiger charge is -2.30. The first-order chi connectivity index (χ1) is 8.74. The number of hydrazine groups is 1. The molecule has 2 N–H and O–H groups in total. The molecule has 1 heterocycles. The van der Waals surface area contributed by atoms with Crippen LogP contribution < -0.4 is 5.43 Å². The SMILES string of the molecule is CC(CCc1ccc(O)cc1)NN1CCCCC1. The summed E-state index contributed by atoms with van der Waals surface area (Å²) in [5.41, 5.74) is 4.88. The third-order valence-electron chi connectivity index (χ3n) is 3.56. The summed E-state index contributed by atoms with van der Waals surface area (Å²) in [6.45, 7) is 4.61. The molecule has 3 heteroatoms. The maximum Gasteiger partial charge on any atom is 0.115 e. The van der Waals surface area contributed by atoms with E-state index in [1.807, 2.05) is 12.1 Å². The predicted octanol–water partition coefficient (Wildman–Crippen LogP) is 2.70. The van der Waals surface area contributed by atoms with Crippen LogP contribution in [0.3, 0.4) is 0 Å². The molecule has 1 atom stereocenters. The normalized spacial score (nSPS) is 18.7. The van der Waals surface area contributed by atoms with Gasteiger partial charge in [0.05, 0.1) is 0 Å². The second-order valence-electron chi connectivity index (χ2n) is 5.28. The number of nitrogens with zero attached hydrogens (tertiary/aromatic N) is 1. The van der Waals surface area contributed by atoms with Gasteiger partial charge in [0.15, 0.2) is 0 Å². The zero-order chi connectivity index (χ0) is 12.8. The van der Waals surface area contributed by atoms with Gasteiger partial charge in [-0.25, -0.2) is 5.01 Å². The van der Waals surface area contributed by atoms with Crippen molar-refractivity contribution in [3.05, 3.63) is 29.8 Å². The van der Waals surface area contributed by atoms with Crippen LogP contribution in [0.25, 0.3) is 0 Å². The van der Waals surface area contributed by atoms with Crippen LogP contribution in [0.5, 0.6) is 5.75 Å². The van der Waals surface area contributed by atoms with Gasteiger partial charge in [0.25, 0.3) is 0 Å². The molecular formula is C15H24N2O. The number of hydrogen-bond donors (Lipinski definition) is 2. The molecule has 18 heavy (non-hydrogen) atoms. The van der Waals surface area contributed by atoms with Gasteiger partial charge in [0.2, 0.25) is 0 Å². The molecule has 1 aliphatic rings. The topological polar surface area (TPSA) is 35.5 Å². The van der Waals surface area contributed by atoms with Crippen LogP contribution in [0.1, 0.15) is 38.2 Å².